The highest BCUT2D eigenvalue weighted by atomic mass is 79.9. The van der Waals surface area contributed by atoms with Gasteiger partial charge in [0.25, 0.3) is 0 Å². The van der Waals surface area contributed by atoms with Gasteiger partial charge in [0.15, 0.2) is 0 Å². The van der Waals surface area contributed by atoms with E-state index in [4.69, 9.17) is 0 Å². The summed E-state index contributed by atoms with van der Waals surface area (Å²) in [5, 5.41) is 9.41. The third-order valence-electron chi connectivity index (χ3n) is 2.91. The minimum atomic E-state index is -0.832. The first-order valence-electron chi connectivity index (χ1n) is 5.97. The molecule has 1 unspecified atom stereocenters. The van der Waals surface area contributed by atoms with Crippen LogP contribution < -0.4 is 0 Å². The molecule has 0 aliphatic carbocycles. The van der Waals surface area contributed by atoms with E-state index in [1.807, 2.05) is 49.4 Å². The van der Waals surface area contributed by atoms with Gasteiger partial charge in [-0.25, -0.2) is 0 Å². The molecule has 0 radical (unpaired) electrons. The van der Waals surface area contributed by atoms with Gasteiger partial charge >= 0.3 is 5.97 Å². The molecular weight excluding hydrogens is 306 g/mol. The van der Waals surface area contributed by atoms with Crippen LogP contribution in [0, 0.1) is 6.92 Å². The molecule has 1 aromatic heterocycles. The second-order valence-corrected chi connectivity index (χ2v) is 5.34. The van der Waals surface area contributed by atoms with Gasteiger partial charge in [-0.2, -0.15) is 0 Å². The van der Waals surface area contributed by atoms with E-state index in [0.717, 1.165) is 21.4 Å². The first kappa shape index (κ1) is 13.7. The lowest BCUT2D eigenvalue weighted by Gasteiger charge is -2.13. The van der Waals surface area contributed by atoms with E-state index in [1.165, 1.54) is 0 Å². The molecule has 0 bridgehead atoms. The molecular formula is C15H14BrNO2. The second kappa shape index (κ2) is 5.97. The van der Waals surface area contributed by atoms with E-state index in [1.54, 1.807) is 0 Å². The van der Waals surface area contributed by atoms with Crippen molar-refractivity contribution in [2.75, 3.05) is 0 Å². The molecule has 4 heteroatoms. The highest BCUT2D eigenvalue weighted by molar-refractivity contribution is 9.10. The van der Waals surface area contributed by atoms with Crippen molar-refractivity contribution in [3.05, 3.63) is 63.9 Å². The predicted octanol–water partition coefficient (Wildman–Crippen LogP) is 3.56. The molecule has 0 saturated carbocycles. The molecule has 1 N–H and O–H groups in total. The molecule has 1 heterocycles. The zero-order valence-corrected chi connectivity index (χ0v) is 12.1. The van der Waals surface area contributed by atoms with Gasteiger partial charge in [-0.15, -0.1) is 0 Å². The number of hydrogen-bond donors (Lipinski definition) is 1. The number of benzene rings is 1. The quantitative estimate of drug-likeness (QED) is 0.937. The zero-order valence-electron chi connectivity index (χ0n) is 10.5. The summed E-state index contributed by atoms with van der Waals surface area (Å²) >= 11 is 3.37. The maximum absolute atomic E-state index is 11.5. The van der Waals surface area contributed by atoms with E-state index in [2.05, 4.69) is 20.9 Å². The summed E-state index contributed by atoms with van der Waals surface area (Å²) < 4.78 is 0.883. The molecule has 0 aliphatic rings. The average molecular weight is 320 g/mol. The van der Waals surface area contributed by atoms with Crippen molar-refractivity contribution in [2.45, 2.75) is 19.3 Å². The van der Waals surface area contributed by atoms with Gasteiger partial charge in [-0.1, -0.05) is 34.1 Å². The Kier molecular flexibility index (Phi) is 4.32. The summed E-state index contributed by atoms with van der Waals surface area (Å²) in [5.74, 6) is -1.41. The Bertz CT molecular complexity index is 598. The standard InChI is InChI=1S/C15H14BrNO2/c1-10-4-2-7-13(17-10)9-14(15(18)19)11-5-3-6-12(16)8-11/h2-8,14H,9H2,1H3,(H,18,19). The van der Waals surface area contributed by atoms with Crippen LogP contribution in [-0.4, -0.2) is 16.1 Å². The maximum atomic E-state index is 11.5. The minimum absolute atomic E-state index is 0.396. The number of hydrogen-bond acceptors (Lipinski definition) is 2. The molecule has 0 spiro atoms. The first-order chi connectivity index (χ1) is 9.06. The number of rotatable bonds is 4. The maximum Gasteiger partial charge on any atom is 0.311 e. The number of nitrogens with zero attached hydrogens (tertiary/aromatic N) is 1. The number of carboxylic acids is 1. The van der Waals surface area contributed by atoms with Gasteiger partial charge < -0.3 is 5.11 Å². The van der Waals surface area contributed by atoms with Gasteiger partial charge in [0.1, 0.15) is 0 Å². The largest absolute Gasteiger partial charge is 0.481 e. The highest BCUT2D eigenvalue weighted by Crippen LogP contribution is 2.23. The summed E-state index contributed by atoms with van der Waals surface area (Å²) in [7, 11) is 0. The Morgan fingerprint density at radius 3 is 2.68 bits per heavy atom. The fourth-order valence-corrected chi connectivity index (χ4v) is 2.41. The molecule has 0 saturated heterocycles. The Balaban J connectivity index is 2.29. The summed E-state index contributed by atoms with van der Waals surface area (Å²) in [6.45, 7) is 1.90. The molecule has 2 rings (SSSR count). The molecule has 98 valence electrons. The summed E-state index contributed by atoms with van der Waals surface area (Å²) in [5.41, 5.74) is 2.48. The van der Waals surface area contributed by atoms with Crippen molar-refractivity contribution in [3.8, 4) is 0 Å². The van der Waals surface area contributed by atoms with Crippen LogP contribution in [0.15, 0.2) is 46.9 Å². The summed E-state index contributed by atoms with van der Waals surface area (Å²) in [6.07, 6.45) is 0.396. The lowest BCUT2D eigenvalue weighted by atomic mass is 9.94. The van der Waals surface area contributed by atoms with Crippen LogP contribution in [0.2, 0.25) is 0 Å². The van der Waals surface area contributed by atoms with Crippen LogP contribution in [0.4, 0.5) is 0 Å². The Labute approximate surface area is 120 Å². The van der Waals surface area contributed by atoms with Crippen LogP contribution >= 0.6 is 15.9 Å². The minimum Gasteiger partial charge on any atom is -0.481 e. The summed E-state index contributed by atoms with van der Waals surface area (Å²) in [6, 6.07) is 13.1. The third kappa shape index (κ3) is 3.64. The highest BCUT2D eigenvalue weighted by Gasteiger charge is 2.21. The molecule has 1 aromatic carbocycles. The number of aromatic nitrogens is 1. The molecule has 0 amide bonds. The van der Waals surface area contributed by atoms with Crippen LogP contribution in [0.3, 0.4) is 0 Å². The van der Waals surface area contributed by atoms with E-state index < -0.39 is 11.9 Å². The van der Waals surface area contributed by atoms with E-state index in [0.29, 0.717) is 6.42 Å². The van der Waals surface area contributed by atoms with Gasteiger partial charge in [-0.3, -0.25) is 9.78 Å². The van der Waals surface area contributed by atoms with Crippen molar-refractivity contribution in [2.24, 2.45) is 0 Å². The molecule has 3 nitrogen and oxygen atoms in total. The number of halogens is 1. The number of aryl methyl sites for hydroxylation is 1. The lowest BCUT2D eigenvalue weighted by molar-refractivity contribution is -0.138. The predicted molar refractivity (Wildman–Crippen MR) is 77.2 cm³/mol. The SMILES string of the molecule is Cc1cccc(CC(C(=O)O)c2cccc(Br)c2)n1. The number of carboxylic acid groups (broad SMARTS) is 1. The van der Waals surface area contributed by atoms with Crippen molar-refractivity contribution in [1.82, 2.24) is 4.98 Å². The topological polar surface area (TPSA) is 50.2 Å². The van der Waals surface area contributed by atoms with E-state index >= 15 is 0 Å². The average Bonchev–Trinajstić information content (AvgIpc) is 2.35. The van der Waals surface area contributed by atoms with Crippen LogP contribution in [0.25, 0.3) is 0 Å². The van der Waals surface area contributed by atoms with E-state index in [9.17, 15) is 9.90 Å². The van der Waals surface area contributed by atoms with Crippen molar-refractivity contribution in [3.63, 3.8) is 0 Å². The number of carbonyl (C=O) groups is 1. The van der Waals surface area contributed by atoms with E-state index in [-0.39, 0.29) is 0 Å². The van der Waals surface area contributed by atoms with Gasteiger partial charge in [0.2, 0.25) is 0 Å². The molecule has 1 atom stereocenters. The van der Waals surface area contributed by atoms with Gasteiger partial charge in [0.05, 0.1) is 5.92 Å². The fraction of sp³-hybridized carbons (Fsp3) is 0.200. The molecule has 2 aromatic rings. The molecule has 0 aliphatic heterocycles. The van der Waals surface area contributed by atoms with Crippen molar-refractivity contribution < 1.29 is 9.90 Å². The first-order valence-corrected chi connectivity index (χ1v) is 6.76. The smallest absolute Gasteiger partial charge is 0.311 e. The van der Waals surface area contributed by atoms with Gasteiger partial charge in [0, 0.05) is 22.3 Å². The van der Waals surface area contributed by atoms with Crippen LogP contribution in [0.1, 0.15) is 22.9 Å². The van der Waals surface area contributed by atoms with Crippen molar-refractivity contribution >= 4 is 21.9 Å². The second-order valence-electron chi connectivity index (χ2n) is 4.42. The monoisotopic (exact) mass is 319 g/mol. The van der Waals surface area contributed by atoms with Crippen LogP contribution in [-0.2, 0) is 11.2 Å². The number of pyridine rings is 1. The summed E-state index contributed by atoms with van der Waals surface area (Å²) in [4.78, 5) is 15.8. The van der Waals surface area contributed by atoms with Crippen molar-refractivity contribution in [1.29, 1.82) is 0 Å². The Hall–Kier alpha value is -1.68. The Morgan fingerprint density at radius 1 is 1.32 bits per heavy atom. The van der Waals surface area contributed by atoms with Gasteiger partial charge in [-0.05, 0) is 36.8 Å². The Morgan fingerprint density at radius 2 is 2.05 bits per heavy atom. The molecule has 0 fully saturated rings. The third-order valence-corrected chi connectivity index (χ3v) is 3.40. The zero-order chi connectivity index (χ0) is 13.8. The normalized spacial score (nSPS) is 12.1. The van der Waals surface area contributed by atoms with Crippen LogP contribution in [0.5, 0.6) is 0 Å². The number of aliphatic carboxylic acids is 1. The fourth-order valence-electron chi connectivity index (χ4n) is 1.99. The lowest BCUT2D eigenvalue weighted by Crippen LogP contribution is -2.15. The molecule has 19 heavy (non-hydrogen) atoms.